The maximum absolute atomic E-state index is 11.7. The zero-order valence-corrected chi connectivity index (χ0v) is 10.4. The Balaban J connectivity index is 2.40. The fourth-order valence-electron chi connectivity index (χ4n) is 2.34. The number of hydrogen-bond acceptors (Lipinski definition) is 3. The van der Waals surface area contributed by atoms with Crippen molar-refractivity contribution < 1.29 is 9.90 Å². The highest BCUT2D eigenvalue weighted by molar-refractivity contribution is 5.78. The molecule has 2 N–H and O–H groups in total. The zero-order chi connectivity index (χ0) is 12.0. The van der Waals surface area contributed by atoms with Crippen molar-refractivity contribution in [1.82, 2.24) is 10.2 Å². The zero-order valence-electron chi connectivity index (χ0n) is 10.4. The van der Waals surface area contributed by atoms with Crippen LogP contribution in [0.25, 0.3) is 0 Å². The Labute approximate surface area is 98.0 Å². The number of carbonyl (C=O) groups is 1. The first-order valence-electron chi connectivity index (χ1n) is 6.27. The van der Waals surface area contributed by atoms with Gasteiger partial charge < -0.3 is 10.4 Å². The van der Waals surface area contributed by atoms with E-state index in [0.29, 0.717) is 19.1 Å². The van der Waals surface area contributed by atoms with Gasteiger partial charge in [0.15, 0.2) is 0 Å². The van der Waals surface area contributed by atoms with E-state index in [1.54, 1.807) is 0 Å². The van der Waals surface area contributed by atoms with Gasteiger partial charge in [-0.05, 0) is 26.7 Å². The van der Waals surface area contributed by atoms with Crippen molar-refractivity contribution in [3.8, 4) is 0 Å². The summed E-state index contributed by atoms with van der Waals surface area (Å²) >= 11 is 0. The number of carbonyl (C=O) groups excluding carboxylic acids is 1. The average Bonchev–Trinajstić information content (AvgIpc) is 2.68. The van der Waals surface area contributed by atoms with Crippen LogP contribution in [0.4, 0.5) is 0 Å². The van der Waals surface area contributed by atoms with E-state index in [9.17, 15) is 4.79 Å². The fraction of sp³-hybridized carbons (Fsp3) is 0.917. The van der Waals surface area contributed by atoms with E-state index in [1.807, 2.05) is 13.8 Å². The Morgan fingerprint density at radius 3 is 2.56 bits per heavy atom. The number of nitrogens with one attached hydrogen (secondary N) is 1. The van der Waals surface area contributed by atoms with Crippen molar-refractivity contribution in [2.75, 3.05) is 19.7 Å². The third-order valence-corrected chi connectivity index (χ3v) is 3.02. The van der Waals surface area contributed by atoms with Gasteiger partial charge in [0, 0.05) is 18.6 Å². The van der Waals surface area contributed by atoms with Crippen molar-refractivity contribution >= 4 is 5.91 Å². The molecule has 0 aromatic rings. The summed E-state index contributed by atoms with van der Waals surface area (Å²) in [5, 5.41) is 11.9. The summed E-state index contributed by atoms with van der Waals surface area (Å²) in [5.74, 6) is 0.0651. The summed E-state index contributed by atoms with van der Waals surface area (Å²) in [6.07, 6.45) is 4.82. The highest BCUT2D eigenvalue weighted by Gasteiger charge is 2.23. The largest absolute Gasteiger partial charge is 0.395 e. The summed E-state index contributed by atoms with van der Waals surface area (Å²) < 4.78 is 0. The third kappa shape index (κ3) is 4.49. The molecule has 0 spiro atoms. The standard InChI is InChI=1S/C12H24N2O2/c1-10(2)13-12(16)9-14(7-8-15)11-5-3-4-6-11/h10-11,15H,3-9H2,1-2H3,(H,13,16). The molecule has 0 atom stereocenters. The molecule has 0 aliphatic heterocycles. The lowest BCUT2D eigenvalue weighted by Crippen LogP contribution is -2.44. The minimum absolute atomic E-state index is 0.0651. The highest BCUT2D eigenvalue weighted by atomic mass is 16.3. The van der Waals surface area contributed by atoms with Gasteiger partial charge in [0.1, 0.15) is 0 Å². The monoisotopic (exact) mass is 228 g/mol. The SMILES string of the molecule is CC(C)NC(=O)CN(CCO)C1CCCC1. The van der Waals surface area contributed by atoms with Crippen molar-refractivity contribution in [3.63, 3.8) is 0 Å². The van der Waals surface area contributed by atoms with E-state index >= 15 is 0 Å². The quantitative estimate of drug-likeness (QED) is 0.705. The molecule has 1 aliphatic carbocycles. The normalized spacial score (nSPS) is 17.3. The van der Waals surface area contributed by atoms with Crippen LogP contribution in [0.1, 0.15) is 39.5 Å². The molecule has 0 aromatic heterocycles. The maximum atomic E-state index is 11.7. The van der Waals surface area contributed by atoms with Gasteiger partial charge >= 0.3 is 0 Å². The molecule has 1 amide bonds. The van der Waals surface area contributed by atoms with Gasteiger partial charge in [-0.2, -0.15) is 0 Å². The molecular formula is C12H24N2O2. The molecule has 94 valence electrons. The molecule has 1 saturated carbocycles. The predicted molar refractivity (Wildman–Crippen MR) is 64.2 cm³/mol. The topological polar surface area (TPSA) is 52.6 Å². The van der Waals surface area contributed by atoms with Crippen molar-refractivity contribution in [3.05, 3.63) is 0 Å². The molecule has 0 heterocycles. The number of aliphatic hydroxyl groups is 1. The summed E-state index contributed by atoms with van der Waals surface area (Å²) in [4.78, 5) is 13.8. The average molecular weight is 228 g/mol. The molecule has 0 radical (unpaired) electrons. The number of rotatable bonds is 6. The van der Waals surface area contributed by atoms with Gasteiger partial charge in [-0.15, -0.1) is 0 Å². The first kappa shape index (κ1) is 13.5. The molecule has 0 saturated heterocycles. The van der Waals surface area contributed by atoms with Gasteiger partial charge in [-0.3, -0.25) is 9.69 Å². The van der Waals surface area contributed by atoms with Gasteiger partial charge in [-0.1, -0.05) is 12.8 Å². The molecule has 1 aliphatic rings. The third-order valence-electron chi connectivity index (χ3n) is 3.02. The maximum Gasteiger partial charge on any atom is 0.234 e. The summed E-state index contributed by atoms with van der Waals surface area (Å²) in [7, 11) is 0. The van der Waals surface area contributed by atoms with Crippen LogP contribution in [0, 0.1) is 0 Å². The first-order chi connectivity index (χ1) is 7.63. The van der Waals surface area contributed by atoms with Crippen LogP contribution < -0.4 is 5.32 Å². The van der Waals surface area contributed by atoms with Crippen LogP contribution in [0.2, 0.25) is 0 Å². The van der Waals surface area contributed by atoms with Crippen LogP contribution in [0.15, 0.2) is 0 Å². The molecule has 0 bridgehead atoms. The smallest absolute Gasteiger partial charge is 0.234 e. The van der Waals surface area contributed by atoms with Crippen molar-refractivity contribution in [2.24, 2.45) is 0 Å². The van der Waals surface area contributed by atoms with Gasteiger partial charge in [0.25, 0.3) is 0 Å². The molecule has 4 heteroatoms. The Morgan fingerprint density at radius 1 is 1.44 bits per heavy atom. The second-order valence-corrected chi connectivity index (χ2v) is 4.85. The Morgan fingerprint density at radius 2 is 2.06 bits per heavy atom. The predicted octanol–water partition coefficient (Wildman–Crippen LogP) is 0.748. The molecule has 0 aromatic carbocycles. The van der Waals surface area contributed by atoms with Crippen LogP contribution in [-0.2, 0) is 4.79 Å². The molecule has 16 heavy (non-hydrogen) atoms. The molecule has 1 fully saturated rings. The van der Waals surface area contributed by atoms with Crippen molar-refractivity contribution in [2.45, 2.75) is 51.6 Å². The first-order valence-corrected chi connectivity index (χ1v) is 6.27. The highest BCUT2D eigenvalue weighted by Crippen LogP contribution is 2.22. The van der Waals surface area contributed by atoms with Gasteiger partial charge in [0.2, 0.25) is 5.91 Å². The van der Waals surface area contributed by atoms with E-state index in [2.05, 4.69) is 10.2 Å². The molecular weight excluding hydrogens is 204 g/mol. The fourth-order valence-corrected chi connectivity index (χ4v) is 2.34. The van der Waals surface area contributed by atoms with Crippen LogP contribution in [-0.4, -0.2) is 47.7 Å². The summed E-state index contributed by atoms with van der Waals surface area (Å²) in [6, 6.07) is 0.678. The number of amides is 1. The Hall–Kier alpha value is -0.610. The summed E-state index contributed by atoms with van der Waals surface area (Å²) in [6.45, 7) is 5.08. The summed E-state index contributed by atoms with van der Waals surface area (Å²) in [5.41, 5.74) is 0. The lowest BCUT2D eigenvalue weighted by molar-refractivity contribution is -0.123. The van der Waals surface area contributed by atoms with Crippen molar-refractivity contribution in [1.29, 1.82) is 0 Å². The van der Waals surface area contributed by atoms with E-state index in [4.69, 9.17) is 5.11 Å². The lowest BCUT2D eigenvalue weighted by Gasteiger charge is -2.27. The minimum Gasteiger partial charge on any atom is -0.395 e. The molecule has 4 nitrogen and oxygen atoms in total. The lowest BCUT2D eigenvalue weighted by atomic mass is 10.2. The minimum atomic E-state index is 0.0651. The Kier molecular flexibility index (Phi) is 5.77. The van der Waals surface area contributed by atoms with Crippen LogP contribution in [0.3, 0.4) is 0 Å². The number of nitrogens with zero attached hydrogens (tertiary/aromatic N) is 1. The second-order valence-electron chi connectivity index (χ2n) is 4.85. The Bertz CT molecular complexity index is 213. The van der Waals surface area contributed by atoms with E-state index in [1.165, 1.54) is 12.8 Å². The van der Waals surface area contributed by atoms with Crippen LogP contribution >= 0.6 is 0 Å². The van der Waals surface area contributed by atoms with Gasteiger partial charge in [0.05, 0.1) is 13.2 Å². The second kappa shape index (κ2) is 6.86. The number of aliphatic hydroxyl groups excluding tert-OH is 1. The molecule has 0 unspecified atom stereocenters. The van der Waals surface area contributed by atoms with E-state index in [0.717, 1.165) is 12.8 Å². The number of hydrogen-bond donors (Lipinski definition) is 2. The van der Waals surface area contributed by atoms with E-state index < -0.39 is 0 Å². The van der Waals surface area contributed by atoms with E-state index in [-0.39, 0.29) is 18.6 Å². The van der Waals surface area contributed by atoms with Gasteiger partial charge in [-0.25, -0.2) is 0 Å². The molecule has 1 rings (SSSR count). The van der Waals surface area contributed by atoms with Crippen LogP contribution in [0.5, 0.6) is 0 Å².